The summed E-state index contributed by atoms with van der Waals surface area (Å²) in [6.45, 7) is 5.28. The summed E-state index contributed by atoms with van der Waals surface area (Å²) in [5.74, 6) is 5.78. The predicted octanol–water partition coefficient (Wildman–Crippen LogP) is 1.64. The van der Waals surface area contributed by atoms with Crippen LogP contribution >= 0.6 is 0 Å². The Morgan fingerprint density at radius 3 is 2.60 bits per heavy atom. The molecular weight excluding hydrogens is 256 g/mol. The SMILES string of the molecule is CCC(CC)N(CCOC)C(=O)c1ccc(NN)nc1. The molecule has 6 nitrogen and oxygen atoms in total. The van der Waals surface area contributed by atoms with Crippen molar-refractivity contribution in [2.45, 2.75) is 32.7 Å². The number of hydrogen-bond donors (Lipinski definition) is 2. The molecule has 0 bridgehead atoms. The number of hydrogen-bond acceptors (Lipinski definition) is 5. The van der Waals surface area contributed by atoms with Crippen LogP contribution in [0.5, 0.6) is 0 Å². The van der Waals surface area contributed by atoms with Gasteiger partial charge in [-0.1, -0.05) is 13.8 Å². The van der Waals surface area contributed by atoms with Crippen molar-refractivity contribution >= 4 is 11.7 Å². The first kappa shape index (κ1) is 16.4. The highest BCUT2D eigenvalue weighted by Crippen LogP contribution is 2.14. The third kappa shape index (κ3) is 4.18. The van der Waals surface area contributed by atoms with Crippen LogP contribution in [0.25, 0.3) is 0 Å². The molecule has 1 aromatic heterocycles. The largest absolute Gasteiger partial charge is 0.383 e. The van der Waals surface area contributed by atoms with Gasteiger partial charge in [0.25, 0.3) is 5.91 Å². The van der Waals surface area contributed by atoms with Gasteiger partial charge in [-0.25, -0.2) is 10.8 Å². The second-order valence-electron chi connectivity index (χ2n) is 4.54. The van der Waals surface area contributed by atoms with E-state index in [1.54, 1.807) is 25.4 Å². The summed E-state index contributed by atoms with van der Waals surface area (Å²) in [5, 5.41) is 0. The van der Waals surface area contributed by atoms with Gasteiger partial charge in [0, 0.05) is 25.9 Å². The molecule has 1 aromatic rings. The molecule has 0 aromatic carbocycles. The van der Waals surface area contributed by atoms with E-state index >= 15 is 0 Å². The zero-order chi connectivity index (χ0) is 15.0. The van der Waals surface area contributed by atoms with Crippen molar-refractivity contribution in [3.05, 3.63) is 23.9 Å². The number of rotatable bonds is 8. The molecule has 0 saturated carbocycles. The molecule has 0 atom stereocenters. The van der Waals surface area contributed by atoms with Crippen LogP contribution in [0.2, 0.25) is 0 Å². The molecular formula is C14H24N4O2. The van der Waals surface area contributed by atoms with Crippen LogP contribution in [0.3, 0.4) is 0 Å². The minimum atomic E-state index is -0.0215. The monoisotopic (exact) mass is 280 g/mol. The number of nitrogens with zero attached hydrogens (tertiary/aromatic N) is 2. The van der Waals surface area contributed by atoms with Gasteiger partial charge in [-0.3, -0.25) is 4.79 Å². The number of nitrogens with two attached hydrogens (primary N) is 1. The first-order valence-electron chi connectivity index (χ1n) is 6.90. The van der Waals surface area contributed by atoms with Crippen LogP contribution in [0.1, 0.15) is 37.0 Å². The smallest absolute Gasteiger partial charge is 0.255 e. The Kier molecular flexibility index (Phi) is 6.97. The van der Waals surface area contributed by atoms with Gasteiger partial charge in [0.05, 0.1) is 12.2 Å². The summed E-state index contributed by atoms with van der Waals surface area (Å²) in [6.07, 6.45) is 3.38. The number of ether oxygens (including phenoxy) is 1. The second-order valence-corrected chi connectivity index (χ2v) is 4.54. The normalized spacial score (nSPS) is 10.7. The number of methoxy groups -OCH3 is 1. The number of anilines is 1. The first-order valence-corrected chi connectivity index (χ1v) is 6.90. The van der Waals surface area contributed by atoms with E-state index in [-0.39, 0.29) is 11.9 Å². The minimum Gasteiger partial charge on any atom is -0.383 e. The lowest BCUT2D eigenvalue weighted by Crippen LogP contribution is -2.41. The van der Waals surface area contributed by atoms with Crippen LogP contribution in [0.4, 0.5) is 5.82 Å². The zero-order valence-electron chi connectivity index (χ0n) is 12.4. The zero-order valence-corrected chi connectivity index (χ0v) is 12.4. The van der Waals surface area contributed by atoms with Gasteiger partial charge in [0.15, 0.2) is 0 Å². The molecule has 1 rings (SSSR count). The molecule has 0 spiro atoms. The Morgan fingerprint density at radius 1 is 1.45 bits per heavy atom. The van der Waals surface area contributed by atoms with Crippen LogP contribution < -0.4 is 11.3 Å². The minimum absolute atomic E-state index is 0.0215. The standard InChI is InChI=1S/C14H24N4O2/c1-4-12(5-2)18(8-9-20-3)14(19)11-6-7-13(17-15)16-10-11/h6-7,10,12H,4-5,8-9,15H2,1-3H3,(H,16,17). The lowest BCUT2D eigenvalue weighted by molar-refractivity contribution is 0.0589. The fraction of sp³-hybridized carbons (Fsp3) is 0.571. The first-order chi connectivity index (χ1) is 9.67. The highest BCUT2D eigenvalue weighted by atomic mass is 16.5. The fourth-order valence-corrected chi connectivity index (χ4v) is 2.14. The van der Waals surface area contributed by atoms with Gasteiger partial charge in [-0.15, -0.1) is 0 Å². The number of pyridine rings is 1. The molecule has 0 aliphatic carbocycles. The van der Waals surface area contributed by atoms with Crippen molar-refractivity contribution in [3.8, 4) is 0 Å². The predicted molar refractivity (Wildman–Crippen MR) is 79.3 cm³/mol. The van der Waals surface area contributed by atoms with Gasteiger partial charge in [-0.05, 0) is 25.0 Å². The summed E-state index contributed by atoms with van der Waals surface area (Å²) < 4.78 is 5.10. The quantitative estimate of drug-likeness (QED) is 0.559. The van der Waals surface area contributed by atoms with Crippen LogP contribution in [0.15, 0.2) is 18.3 Å². The topological polar surface area (TPSA) is 80.5 Å². The highest BCUT2D eigenvalue weighted by molar-refractivity contribution is 5.94. The third-order valence-corrected chi connectivity index (χ3v) is 3.34. The molecule has 0 aliphatic rings. The van der Waals surface area contributed by atoms with Crippen molar-refractivity contribution in [2.24, 2.45) is 5.84 Å². The molecule has 0 saturated heterocycles. The number of nitrogens with one attached hydrogen (secondary N) is 1. The molecule has 0 radical (unpaired) electrons. The van der Waals surface area contributed by atoms with Crippen LogP contribution in [0, 0.1) is 0 Å². The summed E-state index contributed by atoms with van der Waals surface area (Å²) in [7, 11) is 1.64. The number of carbonyl (C=O) groups excluding carboxylic acids is 1. The fourth-order valence-electron chi connectivity index (χ4n) is 2.14. The van der Waals surface area contributed by atoms with Gasteiger partial charge < -0.3 is 15.1 Å². The van der Waals surface area contributed by atoms with E-state index < -0.39 is 0 Å². The molecule has 3 N–H and O–H groups in total. The lowest BCUT2D eigenvalue weighted by atomic mass is 10.1. The van der Waals surface area contributed by atoms with Crippen molar-refractivity contribution in [1.82, 2.24) is 9.88 Å². The molecule has 6 heteroatoms. The van der Waals surface area contributed by atoms with E-state index in [2.05, 4.69) is 24.3 Å². The molecule has 1 heterocycles. The maximum absolute atomic E-state index is 12.6. The Morgan fingerprint density at radius 2 is 2.15 bits per heavy atom. The highest BCUT2D eigenvalue weighted by Gasteiger charge is 2.22. The maximum atomic E-state index is 12.6. The average Bonchev–Trinajstić information content (AvgIpc) is 2.51. The number of carbonyl (C=O) groups is 1. The summed E-state index contributed by atoms with van der Waals surface area (Å²) in [4.78, 5) is 18.5. The number of nitrogen functional groups attached to an aromatic ring is 1. The Balaban J connectivity index is 2.89. The van der Waals surface area contributed by atoms with Crippen molar-refractivity contribution in [3.63, 3.8) is 0 Å². The summed E-state index contributed by atoms with van der Waals surface area (Å²) in [5.41, 5.74) is 3.01. The van der Waals surface area contributed by atoms with E-state index in [1.807, 2.05) is 4.90 Å². The second kappa shape index (κ2) is 8.50. The third-order valence-electron chi connectivity index (χ3n) is 3.34. The molecule has 20 heavy (non-hydrogen) atoms. The van der Waals surface area contributed by atoms with E-state index in [9.17, 15) is 4.79 Å². The molecule has 0 aliphatic heterocycles. The number of hydrazine groups is 1. The summed E-state index contributed by atoms with van der Waals surface area (Å²) >= 11 is 0. The lowest BCUT2D eigenvalue weighted by Gasteiger charge is -2.30. The van der Waals surface area contributed by atoms with Gasteiger partial charge >= 0.3 is 0 Å². The molecule has 1 amide bonds. The van der Waals surface area contributed by atoms with E-state index in [0.29, 0.717) is 24.5 Å². The maximum Gasteiger partial charge on any atom is 0.255 e. The molecule has 112 valence electrons. The number of aromatic nitrogens is 1. The van der Waals surface area contributed by atoms with Crippen molar-refractivity contribution in [1.29, 1.82) is 0 Å². The molecule has 0 fully saturated rings. The van der Waals surface area contributed by atoms with Crippen LogP contribution in [-0.2, 0) is 4.74 Å². The Bertz CT molecular complexity index is 404. The van der Waals surface area contributed by atoms with Gasteiger partial charge in [0.2, 0.25) is 0 Å². The number of amides is 1. The van der Waals surface area contributed by atoms with Crippen molar-refractivity contribution < 1.29 is 9.53 Å². The molecule has 0 unspecified atom stereocenters. The van der Waals surface area contributed by atoms with Gasteiger partial charge in [0.1, 0.15) is 5.82 Å². The Labute approximate surface area is 120 Å². The van der Waals surface area contributed by atoms with Gasteiger partial charge in [-0.2, -0.15) is 0 Å². The van der Waals surface area contributed by atoms with E-state index in [1.165, 1.54) is 0 Å². The van der Waals surface area contributed by atoms with E-state index in [4.69, 9.17) is 10.6 Å². The summed E-state index contributed by atoms with van der Waals surface area (Å²) in [6, 6.07) is 3.63. The Hall–Kier alpha value is -1.66. The van der Waals surface area contributed by atoms with Crippen LogP contribution in [-0.4, -0.2) is 42.1 Å². The average molecular weight is 280 g/mol. The van der Waals surface area contributed by atoms with E-state index in [0.717, 1.165) is 12.8 Å². The van der Waals surface area contributed by atoms with Crippen molar-refractivity contribution in [2.75, 3.05) is 25.7 Å².